The summed E-state index contributed by atoms with van der Waals surface area (Å²) in [7, 11) is 0. The molecule has 1 N–H and O–H groups in total. The van der Waals surface area contributed by atoms with Crippen LogP contribution < -0.4 is 5.32 Å². The maximum absolute atomic E-state index is 11.7. The highest BCUT2D eigenvalue weighted by molar-refractivity contribution is 6.27. The first-order valence-corrected chi connectivity index (χ1v) is 4.17. The molecule has 1 unspecified atom stereocenters. The van der Waals surface area contributed by atoms with Gasteiger partial charge < -0.3 is 5.32 Å². The van der Waals surface area contributed by atoms with Gasteiger partial charge in [-0.25, -0.2) is 0 Å². The van der Waals surface area contributed by atoms with Gasteiger partial charge in [0.15, 0.2) is 0 Å². The van der Waals surface area contributed by atoms with E-state index >= 15 is 0 Å². The van der Waals surface area contributed by atoms with Crippen LogP contribution in [-0.2, 0) is 9.59 Å². The molecule has 0 aromatic rings. The van der Waals surface area contributed by atoms with E-state index in [2.05, 4.69) is 0 Å². The standard InChI is InChI=1S/C7H10ClF2NO2/c1-4(2-5(12)3-8)11-7(13)6(9)10/h4,6H,2-3H2,1H3,(H,11,13). The molecule has 0 fully saturated rings. The summed E-state index contributed by atoms with van der Waals surface area (Å²) in [6, 6.07) is -0.604. The highest BCUT2D eigenvalue weighted by atomic mass is 35.5. The molecule has 76 valence electrons. The number of hydrogen-bond donors (Lipinski definition) is 1. The molecule has 13 heavy (non-hydrogen) atoms. The van der Waals surface area contributed by atoms with Crippen LogP contribution in [0.5, 0.6) is 0 Å². The van der Waals surface area contributed by atoms with E-state index in [4.69, 9.17) is 11.6 Å². The first-order valence-electron chi connectivity index (χ1n) is 3.63. The summed E-state index contributed by atoms with van der Waals surface area (Å²) in [6.45, 7) is 1.46. The zero-order valence-corrected chi connectivity index (χ0v) is 7.78. The summed E-state index contributed by atoms with van der Waals surface area (Å²) in [6.07, 6.45) is -3.07. The minimum atomic E-state index is -3.05. The van der Waals surface area contributed by atoms with E-state index in [1.54, 1.807) is 0 Å². The van der Waals surface area contributed by atoms with Gasteiger partial charge in [0, 0.05) is 12.5 Å². The Kier molecular flexibility index (Phi) is 5.53. The molecule has 6 heteroatoms. The van der Waals surface area contributed by atoms with Crippen LogP contribution in [0.15, 0.2) is 0 Å². The third kappa shape index (κ3) is 5.52. The Labute approximate surface area is 79.4 Å². The molecule has 1 atom stereocenters. The molecule has 0 aromatic heterocycles. The van der Waals surface area contributed by atoms with Gasteiger partial charge in [-0.2, -0.15) is 8.78 Å². The van der Waals surface area contributed by atoms with Crippen LogP contribution in [0.25, 0.3) is 0 Å². The SMILES string of the molecule is CC(CC(=O)CCl)NC(=O)C(F)F. The number of carbonyl (C=O) groups is 2. The Bertz CT molecular complexity index is 199. The number of ketones is 1. The van der Waals surface area contributed by atoms with Crippen molar-refractivity contribution in [3.63, 3.8) is 0 Å². The molecule has 0 radical (unpaired) electrons. The molecule has 0 rings (SSSR count). The Morgan fingerprint density at radius 2 is 2.00 bits per heavy atom. The second-order valence-electron chi connectivity index (χ2n) is 2.59. The van der Waals surface area contributed by atoms with Gasteiger partial charge in [0.2, 0.25) is 0 Å². The van der Waals surface area contributed by atoms with Crippen molar-refractivity contribution in [1.82, 2.24) is 5.32 Å². The van der Waals surface area contributed by atoms with Crippen molar-refractivity contribution in [2.24, 2.45) is 0 Å². The number of halogens is 3. The molecule has 0 aliphatic carbocycles. The molecular weight excluding hydrogens is 204 g/mol. The van der Waals surface area contributed by atoms with Crippen molar-refractivity contribution in [2.75, 3.05) is 5.88 Å². The maximum atomic E-state index is 11.7. The second-order valence-corrected chi connectivity index (χ2v) is 2.85. The lowest BCUT2D eigenvalue weighted by atomic mass is 10.2. The Balaban J connectivity index is 3.80. The fourth-order valence-corrected chi connectivity index (χ4v) is 0.862. The third-order valence-electron chi connectivity index (χ3n) is 1.27. The minimum Gasteiger partial charge on any atom is -0.348 e. The van der Waals surface area contributed by atoms with Crippen LogP contribution in [-0.4, -0.2) is 30.0 Å². The highest BCUT2D eigenvalue weighted by Gasteiger charge is 2.18. The number of hydrogen-bond acceptors (Lipinski definition) is 2. The van der Waals surface area contributed by atoms with Crippen molar-refractivity contribution < 1.29 is 18.4 Å². The van der Waals surface area contributed by atoms with Crippen LogP contribution >= 0.6 is 11.6 Å². The molecule has 0 bridgehead atoms. The molecule has 0 aromatic carbocycles. The van der Waals surface area contributed by atoms with Gasteiger partial charge in [-0.15, -0.1) is 11.6 Å². The van der Waals surface area contributed by atoms with Gasteiger partial charge in [0.25, 0.3) is 5.91 Å². The molecule has 0 aliphatic heterocycles. The maximum Gasteiger partial charge on any atom is 0.315 e. The van der Waals surface area contributed by atoms with Gasteiger partial charge in [-0.1, -0.05) is 0 Å². The molecule has 0 aliphatic rings. The molecular formula is C7H10ClF2NO2. The largest absolute Gasteiger partial charge is 0.348 e. The first kappa shape index (κ1) is 12.3. The summed E-state index contributed by atoms with van der Waals surface area (Å²) in [5.41, 5.74) is 0. The summed E-state index contributed by atoms with van der Waals surface area (Å²) < 4.78 is 23.4. The zero-order chi connectivity index (χ0) is 10.4. The smallest absolute Gasteiger partial charge is 0.315 e. The summed E-state index contributed by atoms with van der Waals surface area (Å²) in [5, 5.41) is 1.98. The van der Waals surface area contributed by atoms with E-state index in [9.17, 15) is 18.4 Å². The topological polar surface area (TPSA) is 46.2 Å². The summed E-state index contributed by atoms with van der Waals surface area (Å²) in [5.74, 6) is -1.83. The monoisotopic (exact) mass is 213 g/mol. The van der Waals surface area contributed by atoms with Gasteiger partial charge in [-0.05, 0) is 6.92 Å². The van der Waals surface area contributed by atoms with Crippen molar-refractivity contribution in [3.8, 4) is 0 Å². The molecule has 0 heterocycles. The number of rotatable bonds is 5. The first-order chi connectivity index (χ1) is 5.97. The summed E-state index contributed by atoms with van der Waals surface area (Å²) >= 11 is 5.18. The lowest BCUT2D eigenvalue weighted by molar-refractivity contribution is -0.132. The van der Waals surface area contributed by atoms with Crippen LogP contribution in [0.3, 0.4) is 0 Å². The van der Waals surface area contributed by atoms with E-state index < -0.39 is 18.4 Å². The quantitative estimate of drug-likeness (QED) is 0.692. The average molecular weight is 214 g/mol. The van der Waals surface area contributed by atoms with Crippen LogP contribution in [0, 0.1) is 0 Å². The lowest BCUT2D eigenvalue weighted by Gasteiger charge is -2.11. The van der Waals surface area contributed by atoms with Crippen LogP contribution in [0.4, 0.5) is 8.78 Å². The van der Waals surface area contributed by atoms with E-state index in [-0.39, 0.29) is 18.1 Å². The van der Waals surface area contributed by atoms with Crippen molar-refractivity contribution in [1.29, 1.82) is 0 Å². The lowest BCUT2D eigenvalue weighted by Crippen LogP contribution is -2.38. The van der Waals surface area contributed by atoms with Gasteiger partial charge in [-0.3, -0.25) is 9.59 Å². The van der Waals surface area contributed by atoms with E-state index in [0.717, 1.165) is 0 Å². The number of amides is 1. The normalized spacial score (nSPS) is 12.7. The summed E-state index contributed by atoms with van der Waals surface area (Å²) in [4.78, 5) is 21.1. The van der Waals surface area contributed by atoms with Gasteiger partial charge >= 0.3 is 6.43 Å². The Morgan fingerprint density at radius 3 is 2.38 bits per heavy atom. The predicted molar refractivity (Wildman–Crippen MR) is 44.0 cm³/mol. The minimum absolute atomic E-state index is 0.0258. The number of nitrogens with one attached hydrogen (secondary N) is 1. The number of carbonyl (C=O) groups excluding carboxylic acids is 2. The van der Waals surface area contributed by atoms with Gasteiger partial charge in [0.05, 0.1) is 5.88 Å². The molecule has 0 spiro atoms. The predicted octanol–water partition coefficient (Wildman–Crippen LogP) is 0.954. The van der Waals surface area contributed by atoms with E-state index in [1.807, 2.05) is 5.32 Å². The second kappa shape index (κ2) is 5.85. The fourth-order valence-electron chi connectivity index (χ4n) is 0.753. The molecule has 0 saturated carbocycles. The van der Waals surface area contributed by atoms with Crippen molar-refractivity contribution in [3.05, 3.63) is 0 Å². The van der Waals surface area contributed by atoms with E-state index in [0.29, 0.717) is 0 Å². The number of alkyl halides is 3. The Morgan fingerprint density at radius 1 is 1.46 bits per heavy atom. The molecule has 0 saturated heterocycles. The fraction of sp³-hybridized carbons (Fsp3) is 0.714. The van der Waals surface area contributed by atoms with Crippen molar-refractivity contribution in [2.45, 2.75) is 25.8 Å². The van der Waals surface area contributed by atoms with Gasteiger partial charge in [0.1, 0.15) is 5.78 Å². The van der Waals surface area contributed by atoms with Crippen LogP contribution in [0.1, 0.15) is 13.3 Å². The van der Waals surface area contributed by atoms with Crippen LogP contribution in [0.2, 0.25) is 0 Å². The molecule has 1 amide bonds. The zero-order valence-electron chi connectivity index (χ0n) is 7.02. The number of Topliss-reactive ketones (excluding diaryl/α,β-unsaturated/α-hetero) is 1. The molecule has 3 nitrogen and oxygen atoms in total. The van der Waals surface area contributed by atoms with E-state index in [1.165, 1.54) is 6.92 Å². The Hall–Kier alpha value is -0.710. The average Bonchev–Trinajstić information content (AvgIpc) is 2.03. The third-order valence-corrected chi connectivity index (χ3v) is 1.57. The van der Waals surface area contributed by atoms with Crippen molar-refractivity contribution >= 4 is 23.3 Å². The highest BCUT2D eigenvalue weighted by Crippen LogP contribution is 1.97.